The van der Waals surface area contributed by atoms with Crippen molar-refractivity contribution in [1.82, 2.24) is 19.8 Å². The van der Waals surface area contributed by atoms with Crippen molar-refractivity contribution in [3.05, 3.63) is 63.6 Å². The number of anilines is 1. The van der Waals surface area contributed by atoms with Crippen LogP contribution in [0.5, 0.6) is 0 Å². The van der Waals surface area contributed by atoms with Crippen LogP contribution in [0.1, 0.15) is 10.4 Å². The zero-order valence-corrected chi connectivity index (χ0v) is 19.0. The number of benzene rings is 1. The molecule has 1 aromatic carbocycles. The number of aromatic nitrogens is 2. The number of nitrogen functional groups attached to an aromatic ring is 1. The molecule has 1 aliphatic heterocycles. The summed E-state index contributed by atoms with van der Waals surface area (Å²) < 4.78 is 0.800. The molecule has 0 spiro atoms. The van der Waals surface area contributed by atoms with Crippen molar-refractivity contribution >= 4 is 56.9 Å². The molecular weight excluding hydrogens is 450 g/mol. The lowest BCUT2D eigenvalue weighted by Gasteiger charge is -2.34. The second-order valence-corrected chi connectivity index (χ2v) is 10.4. The van der Waals surface area contributed by atoms with Crippen LogP contribution in [0.4, 0.5) is 5.82 Å². The summed E-state index contributed by atoms with van der Waals surface area (Å²) in [6, 6.07) is 14.2. The molecular formula is C22H20ClN5OS2. The fraction of sp³-hybridized carbons (Fsp3) is 0.227. The monoisotopic (exact) mass is 469 g/mol. The van der Waals surface area contributed by atoms with Crippen molar-refractivity contribution < 1.29 is 4.79 Å². The summed E-state index contributed by atoms with van der Waals surface area (Å²) in [6.45, 7) is 3.36. The van der Waals surface area contributed by atoms with Gasteiger partial charge < -0.3 is 10.6 Å². The van der Waals surface area contributed by atoms with E-state index in [1.807, 2.05) is 29.2 Å². The first-order valence-corrected chi connectivity index (χ1v) is 11.9. The van der Waals surface area contributed by atoms with Crippen LogP contribution in [0.3, 0.4) is 0 Å². The number of nitrogens with two attached hydrogens (primary N) is 1. The van der Waals surface area contributed by atoms with Crippen LogP contribution in [-0.2, 0) is 17.9 Å². The van der Waals surface area contributed by atoms with Crippen LogP contribution < -0.4 is 5.73 Å². The minimum absolute atomic E-state index is 0.148. The van der Waals surface area contributed by atoms with E-state index >= 15 is 0 Å². The Hall–Kier alpha value is -2.52. The van der Waals surface area contributed by atoms with Gasteiger partial charge in [-0.05, 0) is 42.0 Å². The summed E-state index contributed by atoms with van der Waals surface area (Å²) in [7, 11) is 0. The van der Waals surface area contributed by atoms with E-state index in [-0.39, 0.29) is 5.91 Å². The minimum atomic E-state index is 0.148. The highest BCUT2D eigenvalue weighted by Crippen LogP contribution is 2.35. The predicted octanol–water partition coefficient (Wildman–Crippen LogP) is 4.50. The highest BCUT2D eigenvalue weighted by Gasteiger charge is 2.24. The largest absolute Gasteiger partial charge is 0.383 e. The number of carbonyl (C=O) groups excluding carboxylic acids is 1. The van der Waals surface area contributed by atoms with Crippen molar-refractivity contribution in [2.75, 3.05) is 25.4 Å². The van der Waals surface area contributed by atoms with Gasteiger partial charge in [0.2, 0.25) is 5.91 Å². The summed E-state index contributed by atoms with van der Waals surface area (Å²) in [5, 5.41) is 0.836. The number of fused-ring (bicyclic) bond motifs is 1. The number of halogens is 1. The van der Waals surface area contributed by atoms with Gasteiger partial charge in [0.1, 0.15) is 12.1 Å². The molecule has 1 saturated heterocycles. The quantitative estimate of drug-likeness (QED) is 0.465. The molecule has 2 N–H and O–H groups in total. The van der Waals surface area contributed by atoms with E-state index in [1.54, 1.807) is 22.7 Å². The summed E-state index contributed by atoms with van der Waals surface area (Å²) in [6.07, 6.45) is 1.47. The first-order chi connectivity index (χ1) is 15.0. The number of thiophene rings is 2. The molecule has 6 nitrogen and oxygen atoms in total. The Morgan fingerprint density at radius 2 is 1.84 bits per heavy atom. The lowest BCUT2D eigenvalue weighted by molar-refractivity contribution is -0.136. The fourth-order valence-electron chi connectivity index (χ4n) is 3.76. The fourth-order valence-corrected chi connectivity index (χ4v) is 5.95. The number of piperazine rings is 1. The molecule has 0 bridgehead atoms. The zero-order valence-electron chi connectivity index (χ0n) is 16.6. The van der Waals surface area contributed by atoms with Crippen LogP contribution in [0.25, 0.3) is 20.7 Å². The van der Waals surface area contributed by atoms with E-state index in [0.29, 0.717) is 25.5 Å². The molecule has 1 aliphatic rings. The Kier molecular flexibility index (Phi) is 5.62. The lowest BCUT2D eigenvalue weighted by Crippen LogP contribution is -2.49. The Labute approximate surface area is 192 Å². The summed E-state index contributed by atoms with van der Waals surface area (Å²) in [5.41, 5.74) is 7.75. The van der Waals surface area contributed by atoms with Crippen molar-refractivity contribution in [2.45, 2.75) is 13.1 Å². The van der Waals surface area contributed by atoms with Crippen LogP contribution >= 0.6 is 34.3 Å². The first-order valence-electron chi connectivity index (χ1n) is 9.89. The third kappa shape index (κ3) is 4.43. The second kappa shape index (κ2) is 8.55. The van der Waals surface area contributed by atoms with Crippen molar-refractivity contribution in [3.8, 4) is 9.75 Å². The van der Waals surface area contributed by atoms with Gasteiger partial charge in [-0.3, -0.25) is 9.69 Å². The molecule has 1 fully saturated rings. The number of rotatable bonds is 5. The van der Waals surface area contributed by atoms with Crippen molar-refractivity contribution in [1.29, 1.82) is 0 Å². The zero-order chi connectivity index (χ0) is 21.4. The topological polar surface area (TPSA) is 75.3 Å². The number of hydrogen-bond acceptors (Lipinski definition) is 7. The van der Waals surface area contributed by atoms with Crippen molar-refractivity contribution in [3.63, 3.8) is 0 Å². The number of amides is 1. The van der Waals surface area contributed by atoms with Crippen LogP contribution in [0.2, 0.25) is 4.34 Å². The van der Waals surface area contributed by atoms with Gasteiger partial charge in [-0.25, -0.2) is 9.97 Å². The molecule has 158 valence electrons. The average Bonchev–Trinajstić information content (AvgIpc) is 3.39. The Bertz CT molecular complexity index is 1250. The second-order valence-electron chi connectivity index (χ2n) is 7.51. The molecule has 3 aromatic heterocycles. The van der Waals surface area contributed by atoms with Gasteiger partial charge in [0.25, 0.3) is 0 Å². The lowest BCUT2D eigenvalue weighted by atomic mass is 10.1. The van der Waals surface area contributed by atoms with Gasteiger partial charge in [0.15, 0.2) is 0 Å². The smallest absolute Gasteiger partial charge is 0.237 e. The third-order valence-corrected chi connectivity index (χ3v) is 7.86. The van der Waals surface area contributed by atoms with Gasteiger partial charge in [-0.15, -0.1) is 22.7 Å². The molecule has 0 atom stereocenters. The Morgan fingerprint density at radius 3 is 2.65 bits per heavy atom. The van der Waals surface area contributed by atoms with Gasteiger partial charge in [-0.2, -0.15) is 0 Å². The molecule has 5 rings (SSSR count). The molecule has 1 amide bonds. The van der Waals surface area contributed by atoms with Gasteiger partial charge in [0, 0.05) is 46.2 Å². The summed E-state index contributed by atoms with van der Waals surface area (Å²) >= 11 is 9.41. The van der Waals surface area contributed by atoms with Gasteiger partial charge in [0.05, 0.1) is 16.4 Å². The van der Waals surface area contributed by atoms with E-state index in [9.17, 15) is 4.79 Å². The SMILES string of the molecule is Nc1ncnc2cc(CN3CCN(Cc4ccc(-c5ccc(Cl)s5)s4)CC3=O)ccc12. The molecule has 9 heteroatoms. The third-order valence-electron chi connectivity index (χ3n) is 5.36. The molecule has 0 radical (unpaired) electrons. The van der Waals surface area contributed by atoms with Gasteiger partial charge >= 0.3 is 0 Å². The van der Waals surface area contributed by atoms with Crippen LogP contribution in [0.15, 0.2) is 48.8 Å². The molecule has 0 saturated carbocycles. The van der Waals surface area contributed by atoms with Crippen LogP contribution in [-0.4, -0.2) is 45.3 Å². The molecule has 4 aromatic rings. The maximum atomic E-state index is 12.8. The van der Waals surface area contributed by atoms with E-state index in [2.05, 4.69) is 33.1 Å². The Balaban J connectivity index is 1.21. The average molecular weight is 470 g/mol. The molecule has 0 unspecified atom stereocenters. The highest BCUT2D eigenvalue weighted by atomic mass is 35.5. The highest BCUT2D eigenvalue weighted by molar-refractivity contribution is 7.24. The normalized spacial score (nSPS) is 15.1. The number of hydrogen-bond donors (Lipinski definition) is 1. The Morgan fingerprint density at radius 1 is 1.00 bits per heavy atom. The first kappa shape index (κ1) is 20.4. The van der Waals surface area contributed by atoms with E-state index in [4.69, 9.17) is 17.3 Å². The van der Waals surface area contributed by atoms with Crippen LogP contribution in [0, 0.1) is 0 Å². The maximum Gasteiger partial charge on any atom is 0.237 e. The summed E-state index contributed by atoms with van der Waals surface area (Å²) in [4.78, 5) is 28.9. The minimum Gasteiger partial charge on any atom is -0.383 e. The van der Waals surface area contributed by atoms with E-state index < -0.39 is 0 Å². The molecule has 31 heavy (non-hydrogen) atoms. The molecule has 4 heterocycles. The number of nitrogens with zero attached hydrogens (tertiary/aromatic N) is 4. The van der Waals surface area contributed by atoms with E-state index in [0.717, 1.165) is 33.9 Å². The maximum absolute atomic E-state index is 12.8. The van der Waals surface area contributed by atoms with Gasteiger partial charge in [-0.1, -0.05) is 17.7 Å². The molecule has 0 aliphatic carbocycles. The summed E-state index contributed by atoms with van der Waals surface area (Å²) in [5.74, 6) is 0.621. The number of carbonyl (C=O) groups is 1. The predicted molar refractivity (Wildman–Crippen MR) is 127 cm³/mol. The van der Waals surface area contributed by atoms with Crippen molar-refractivity contribution in [2.24, 2.45) is 0 Å². The van der Waals surface area contributed by atoms with E-state index in [1.165, 1.54) is 21.0 Å². The standard InChI is InChI=1S/C22H20ClN5OS2/c23-20-6-5-19(31-20)18-4-2-15(30-18)11-27-7-8-28(21(29)12-27)10-14-1-3-16-17(9-14)25-13-26-22(16)24/h1-6,9,13H,7-8,10-12H2,(H2,24,25,26).